The molecular weight excluding hydrogens is 674 g/mol. The molecule has 5 aromatic carbocycles. The number of rotatable bonds is 11. The molecule has 0 aliphatic carbocycles. The predicted molar refractivity (Wildman–Crippen MR) is 189 cm³/mol. The lowest BCUT2D eigenvalue weighted by molar-refractivity contribution is -0.138. The van der Waals surface area contributed by atoms with Gasteiger partial charge in [-0.2, -0.15) is 13.2 Å². The van der Waals surface area contributed by atoms with Crippen molar-refractivity contribution in [3.63, 3.8) is 0 Å². The molecule has 0 spiro atoms. The maximum absolute atomic E-state index is 13.8. The second-order valence-electron chi connectivity index (χ2n) is 11.0. The van der Waals surface area contributed by atoms with Crippen molar-refractivity contribution < 1.29 is 27.5 Å². The molecule has 5 rings (SSSR count). The van der Waals surface area contributed by atoms with Gasteiger partial charge in [0.05, 0.1) is 11.6 Å². The Morgan fingerprint density at radius 1 is 0.837 bits per heavy atom. The Bertz CT molecular complexity index is 1920. The molecule has 4 N–H and O–H groups in total. The second kappa shape index (κ2) is 16.6. The number of carbonyl (C=O) groups excluding carboxylic acids is 2. The number of ether oxygens (including phenoxy) is 1. The summed E-state index contributed by atoms with van der Waals surface area (Å²) >= 11 is 6.39. The van der Waals surface area contributed by atoms with Gasteiger partial charge in [0, 0.05) is 35.3 Å². The van der Waals surface area contributed by atoms with Crippen LogP contribution in [-0.2, 0) is 24.1 Å². The number of nitrogens with two attached hydrogens (primary N) is 1. The lowest BCUT2D eigenvalue weighted by Crippen LogP contribution is -2.46. The lowest BCUT2D eigenvalue weighted by atomic mass is 9.93. The molecule has 0 heterocycles. The van der Waals surface area contributed by atoms with E-state index in [0.29, 0.717) is 34.2 Å². The summed E-state index contributed by atoms with van der Waals surface area (Å²) in [7, 11) is 0. The van der Waals surface area contributed by atoms with Crippen LogP contribution >= 0.6 is 24.0 Å². The largest absolute Gasteiger partial charge is 0.457 e. The molecular formula is C38H34Cl2F3N3O3. The van der Waals surface area contributed by atoms with Gasteiger partial charge in [-0.15, -0.1) is 12.4 Å². The number of carbonyl (C=O) groups is 2. The van der Waals surface area contributed by atoms with E-state index in [1.165, 1.54) is 18.2 Å². The van der Waals surface area contributed by atoms with Gasteiger partial charge < -0.3 is 15.8 Å². The fourth-order valence-corrected chi connectivity index (χ4v) is 5.48. The number of halogens is 5. The van der Waals surface area contributed by atoms with Crippen molar-refractivity contribution in [1.82, 2.24) is 10.6 Å². The molecule has 0 radical (unpaired) electrons. The van der Waals surface area contributed by atoms with Gasteiger partial charge in [0.2, 0.25) is 5.91 Å². The van der Waals surface area contributed by atoms with Gasteiger partial charge in [0.1, 0.15) is 11.5 Å². The van der Waals surface area contributed by atoms with Crippen molar-refractivity contribution >= 4 is 35.8 Å². The zero-order chi connectivity index (χ0) is 34.3. The third-order valence-electron chi connectivity index (χ3n) is 7.79. The first kappa shape index (κ1) is 37.2. The molecule has 0 aliphatic heterocycles. The first-order valence-electron chi connectivity index (χ1n) is 15.3. The van der Waals surface area contributed by atoms with Crippen molar-refractivity contribution in [3.05, 3.63) is 143 Å². The lowest BCUT2D eigenvalue weighted by Gasteiger charge is -2.20. The van der Waals surface area contributed by atoms with Crippen LogP contribution in [0.15, 0.2) is 115 Å². The molecule has 0 aromatic heterocycles. The summed E-state index contributed by atoms with van der Waals surface area (Å²) in [6.45, 7) is 1.80. The Morgan fingerprint density at radius 2 is 1.57 bits per heavy atom. The van der Waals surface area contributed by atoms with E-state index in [0.717, 1.165) is 22.8 Å². The third kappa shape index (κ3) is 9.28. The number of alkyl halides is 3. The van der Waals surface area contributed by atoms with Crippen molar-refractivity contribution in [2.75, 3.05) is 0 Å². The fraction of sp³-hybridized carbons (Fsp3) is 0.158. The van der Waals surface area contributed by atoms with Gasteiger partial charge in [-0.05, 0) is 76.7 Å². The molecule has 1 unspecified atom stereocenters. The average Bonchev–Trinajstić information content (AvgIpc) is 3.08. The van der Waals surface area contributed by atoms with E-state index in [2.05, 4.69) is 10.6 Å². The van der Waals surface area contributed by atoms with Crippen molar-refractivity contribution in [3.8, 4) is 33.8 Å². The van der Waals surface area contributed by atoms with Crippen LogP contribution < -0.4 is 21.1 Å². The molecule has 49 heavy (non-hydrogen) atoms. The average molecular weight is 709 g/mol. The van der Waals surface area contributed by atoms with Gasteiger partial charge in [0.15, 0.2) is 0 Å². The van der Waals surface area contributed by atoms with Crippen molar-refractivity contribution in [1.29, 1.82) is 0 Å². The molecule has 0 saturated heterocycles. The van der Waals surface area contributed by atoms with Crippen LogP contribution in [0.1, 0.15) is 40.4 Å². The maximum atomic E-state index is 13.8. The van der Waals surface area contributed by atoms with Gasteiger partial charge in [-0.25, -0.2) is 0 Å². The second-order valence-corrected chi connectivity index (χ2v) is 11.5. The van der Waals surface area contributed by atoms with Crippen LogP contribution in [0.3, 0.4) is 0 Å². The minimum atomic E-state index is -4.54. The first-order valence-corrected chi connectivity index (χ1v) is 15.6. The zero-order valence-corrected chi connectivity index (χ0v) is 28.0. The van der Waals surface area contributed by atoms with Gasteiger partial charge in [0.25, 0.3) is 5.91 Å². The number of hydrogen-bond donors (Lipinski definition) is 3. The molecule has 254 valence electrons. The van der Waals surface area contributed by atoms with Crippen LogP contribution in [-0.4, -0.2) is 17.9 Å². The Labute approximate surface area is 293 Å². The summed E-state index contributed by atoms with van der Waals surface area (Å²) in [5.41, 5.74) is 8.82. The fourth-order valence-electron chi connectivity index (χ4n) is 5.31. The minimum absolute atomic E-state index is 0. The molecule has 0 aliphatic rings. The highest BCUT2D eigenvalue weighted by Crippen LogP contribution is 2.39. The normalized spacial score (nSPS) is 11.7. The molecule has 0 fully saturated rings. The molecule has 0 bridgehead atoms. The zero-order valence-electron chi connectivity index (χ0n) is 26.4. The van der Waals surface area contributed by atoms with E-state index in [4.69, 9.17) is 22.1 Å². The quantitative estimate of drug-likeness (QED) is 0.127. The highest BCUT2D eigenvalue weighted by atomic mass is 35.5. The van der Waals surface area contributed by atoms with Crippen LogP contribution in [0.25, 0.3) is 22.3 Å². The van der Waals surface area contributed by atoms with Crippen LogP contribution in [0, 0.1) is 0 Å². The summed E-state index contributed by atoms with van der Waals surface area (Å²) in [4.78, 5) is 27.1. The first-order chi connectivity index (χ1) is 23.1. The monoisotopic (exact) mass is 707 g/mol. The van der Waals surface area contributed by atoms with Crippen LogP contribution in [0.4, 0.5) is 13.2 Å². The standard InChI is InChI=1S/C38H33ClF3N3O3.ClH/c1-2-34(44-23-27-12-6-7-14-33(27)38(40,41)42)37(47)45-36(46)31-17-15-26(25-10-4-3-5-11-25)20-32(31)30-18-16-28(39)21-35(30)48-29-13-8-9-24(19-29)22-43;/h3-21,34,44H,2,22-23,43H2,1H3,(H,45,46,47);1H. The van der Waals surface area contributed by atoms with E-state index < -0.39 is 29.6 Å². The van der Waals surface area contributed by atoms with Gasteiger partial charge in [-0.3, -0.25) is 14.9 Å². The number of hydrogen-bond acceptors (Lipinski definition) is 5. The Morgan fingerprint density at radius 3 is 2.29 bits per heavy atom. The number of nitrogens with one attached hydrogen (secondary N) is 2. The smallest absolute Gasteiger partial charge is 0.416 e. The number of amides is 2. The SMILES string of the molecule is CCC(NCc1ccccc1C(F)(F)F)C(=O)NC(=O)c1ccc(-c2ccccc2)cc1-c1ccc(Cl)cc1Oc1cccc(CN)c1.Cl. The number of imide groups is 1. The highest BCUT2D eigenvalue weighted by molar-refractivity contribution is 6.30. The summed E-state index contributed by atoms with van der Waals surface area (Å²) < 4.78 is 46.8. The predicted octanol–water partition coefficient (Wildman–Crippen LogP) is 9.19. The summed E-state index contributed by atoms with van der Waals surface area (Å²) in [5, 5.41) is 5.74. The Hall–Kier alpha value is -4.67. The molecule has 11 heteroatoms. The summed E-state index contributed by atoms with van der Waals surface area (Å²) in [6.07, 6.45) is -4.32. The van der Waals surface area contributed by atoms with E-state index in [1.54, 1.807) is 43.3 Å². The Balaban J connectivity index is 0.00000541. The van der Waals surface area contributed by atoms with Crippen molar-refractivity contribution in [2.45, 2.75) is 38.7 Å². The van der Waals surface area contributed by atoms with E-state index >= 15 is 0 Å². The highest BCUT2D eigenvalue weighted by Gasteiger charge is 2.33. The third-order valence-corrected chi connectivity index (χ3v) is 8.03. The van der Waals surface area contributed by atoms with Crippen LogP contribution in [0.5, 0.6) is 11.5 Å². The van der Waals surface area contributed by atoms with Gasteiger partial charge >= 0.3 is 6.18 Å². The topological polar surface area (TPSA) is 93.5 Å². The summed E-state index contributed by atoms with van der Waals surface area (Å²) in [5.74, 6) is -0.461. The van der Waals surface area contributed by atoms with Crippen molar-refractivity contribution in [2.24, 2.45) is 5.73 Å². The van der Waals surface area contributed by atoms with E-state index in [1.807, 2.05) is 54.6 Å². The number of benzene rings is 5. The Kier molecular flexibility index (Phi) is 12.6. The van der Waals surface area contributed by atoms with Crippen LogP contribution in [0.2, 0.25) is 5.02 Å². The maximum Gasteiger partial charge on any atom is 0.416 e. The molecule has 2 amide bonds. The molecule has 6 nitrogen and oxygen atoms in total. The van der Waals surface area contributed by atoms with E-state index in [-0.39, 0.29) is 36.5 Å². The molecule has 0 saturated carbocycles. The molecule has 1 atom stereocenters. The summed E-state index contributed by atoms with van der Waals surface area (Å²) in [6, 6.07) is 31.4. The molecule has 5 aromatic rings. The van der Waals surface area contributed by atoms with Gasteiger partial charge in [-0.1, -0.05) is 85.3 Å². The minimum Gasteiger partial charge on any atom is -0.457 e. The van der Waals surface area contributed by atoms with E-state index in [9.17, 15) is 22.8 Å².